The van der Waals surface area contributed by atoms with Crippen LogP contribution in [0.2, 0.25) is 0 Å². The molecule has 0 unspecified atom stereocenters. The number of carboxylic acids is 1. The SMILES string of the molecule is COc1ccccc1C(SC[C@H](N)C(=O)O)(c1ccccc1)c1ccccc1. The minimum absolute atomic E-state index is 0.247. The highest BCUT2D eigenvalue weighted by Crippen LogP contribution is 2.51. The zero-order chi connectivity index (χ0) is 20.0. The van der Waals surface area contributed by atoms with Crippen molar-refractivity contribution in [1.29, 1.82) is 0 Å². The predicted molar refractivity (Wildman–Crippen MR) is 114 cm³/mol. The lowest BCUT2D eigenvalue weighted by Gasteiger charge is -2.36. The summed E-state index contributed by atoms with van der Waals surface area (Å²) in [5.41, 5.74) is 8.90. The molecule has 0 bridgehead atoms. The molecule has 3 aromatic carbocycles. The van der Waals surface area contributed by atoms with Crippen LogP contribution in [0, 0.1) is 0 Å². The Bertz CT molecular complexity index is 876. The Morgan fingerprint density at radius 3 is 1.96 bits per heavy atom. The molecular formula is C23H23NO3S. The molecule has 0 saturated carbocycles. The first-order chi connectivity index (χ1) is 13.6. The number of methoxy groups -OCH3 is 1. The van der Waals surface area contributed by atoms with E-state index < -0.39 is 16.8 Å². The first kappa shape index (κ1) is 20.0. The van der Waals surface area contributed by atoms with Gasteiger partial charge in [0.1, 0.15) is 11.8 Å². The number of aliphatic carboxylic acids is 1. The lowest BCUT2D eigenvalue weighted by Crippen LogP contribution is -2.36. The van der Waals surface area contributed by atoms with Gasteiger partial charge in [-0.3, -0.25) is 4.79 Å². The van der Waals surface area contributed by atoms with Crippen LogP contribution in [-0.4, -0.2) is 30.0 Å². The average molecular weight is 394 g/mol. The molecule has 0 spiro atoms. The maximum Gasteiger partial charge on any atom is 0.321 e. The number of para-hydroxylation sites is 1. The van der Waals surface area contributed by atoms with E-state index in [4.69, 9.17) is 10.5 Å². The fourth-order valence-electron chi connectivity index (χ4n) is 3.29. The van der Waals surface area contributed by atoms with Crippen molar-refractivity contribution < 1.29 is 14.6 Å². The van der Waals surface area contributed by atoms with Crippen molar-refractivity contribution in [2.75, 3.05) is 12.9 Å². The lowest BCUT2D eigenvalue weighted by molar-refractivity contribution is -0.137. The third-order valence-electron chi connectivity index (χ3n) is 4.64. The first-order valence-corrected chi connectivity index (χ1v) is 9.95. The van der Waals surface area contributed by atoms with Gasteiger partial charge >= 0.3 is 5.97 Å². The van der Waals surface area contributed by atoms with Gasteiger partial charge in [0, 0.05) is 11.3 Å². The van der Waals surface area contributed by atoms with Crippen molar-refractivity contribution in [2.24, 2.45) is 5.73 Å². The minimum atomic E-state index is -1.01. The molecule has 0 fully saturated rings. The van der Waals surface area contributed by atoms with Crippen LogP contribution in [-0.2, 0) is 9.54 Å². The van der Waals surface area contributed by atoms with E-state index in [2.05, 4.69) is 24.3 Å². The summed E-state index contributed by atoms with van der Waals surface area (Å²) in [5.74, 6) is -0.0221. The maximum absolute atomic E-state index is 11.4. The van der Waals surface area contributed by atoms with Gasteiger partial charge in [-0.2, -0.15) is 0 Å². The van der Waals surface area contributed by atoms with Gasteiger partial charge in [0.05, 0.1) is 11.9 Å². The summed E-state index contributed by atoms with van der Waals surface area (Å²) in [6.07, 6.45) is 0. The van der Waals surface area contributed by atoms with E-state index in [1.54, 1.807) is 7.11 Å². The summed E-state index contributed by atoms with van der Waals surface area (Å²) in [6, 6.07) is 27.0. The Kier molecular flexibility index (Phi) is 6.39. The number of hydrogen-bond acceptors (Lipinski definition) is 4. The van der Waals surface area contributed by atoms with Gasteiger partial charge in [-0.25, -0.2) is 0 Å². The van der Waals surface area contributed by atoms with Crippen LogP contribution in [0.15, 0.2) is 84.9 Å². The van der Waals surface area contributed by atoms with Crippen LogP contribution in [0.4, 0.5) is 0 Å². The van der Waals surface area contributed by atoms with Crippen molar-refractivity contribution in [1.82, 2.24) is 0 Å². The standard InChI is InChI=1S/C23H23NO3S/c1-27-21-15-9-8-14-19(21)23(17-10-4-2-5-11-17,18-12-6-3-7-13-18)28-16-20(24)22(25)26/h2-15,20H,16,24H2,1H3,(H,25,26)/t20-/m0/s1. The van der Waals surface area contributed by atoms with Gasteiger partial charge in [0.15, 0.2) is 0 Å². The highest BCUT2D eigenvalue weighted by Gasteiger charge is 2.40. The average Bonchev–Trinajstić information content (AvgIpc) is 2.75. The fraction of sp³-hybridized carbons (Fsp3) is 0.174. The van der Waals surface area contributed by atoms with E-state index in [1.165, 1.54) is 11.8 Å². The number of rotatable bonds is 8. The van der Waals surface area contributed by atoms with E-state index in [9.17, 15) is 9.90 Å². The Labute approximate surface area is 169 Å². The van der Waals surface area contributed by atoms with Crippen LogP contribution >= 0.6 is 11.8 Å². The van der Waals surface area contributed by atoms with E-state index >= 15 is 0 Å². The lowest BCUT2D eigenvalue weighted by atomic mass is 9.83. The second-order valence-electron chi connectivity index (χ2n) is 6.37. The van der Waals surface area contributed by atoms with Gasteiger partial charge in [0.2, 0.25) is 0 Å². The maximum atomic E-state index is 11.4. The first-order valence-electron chi connectivity index (χ1n) is 8.96. The second kappa shape index (κ2) is 8.95. The van der Waals surface area contributed by atoms with Crippen molar-refractivity contribution in [3.8, 4) is 5.75 Å². The minimum Gasteiger partial charge on any atom is -0.496 e. The number of thioether (sulfide) groups is 1. The summed E-state index contributed by atoms with van der Waals surface area (Å²) in [4.78, 5) is 11.4. The molecule has 144 valence electrons. The molecule has 28 heavy (non-hydrogen) atoms. The smallest absolute Gasteiger partial charge is 0.321 e. The number of nitrogens with two attached hydrogens (primary N) is 1. The molecule has 0 amide bonds. The predicted octanol–water partition coefficient (Wildman–Crippen LogP) is 4.13. The number of carboxylic acid groups (broad SMARTS) is 1. The monoisotopic (exact) mass is 393 g/mol. The van der Waals surface area contributed by atoms with E-state index in [0.717, 1.165) is 22.4 Å². The molecule has 5 heteroatoms. The summed E-state index contributed by atoms with van der Waals surface area (Å²) in [7, 11) is 1.65. The van der Waals surface area contributed by atoms with Gasteiger partial charge < -0.3 is 15.6 Å². The van der Waals surface area contributed by atoms with Crippen molar-refractivity contribution in [3.63, 3.8) is 0 Å². The number of benzene rings is 3. The molecule has 3 aromatic rings. The topological polar surface area (TPSA) is 72.5 Å². The van der Waals surface area contributed by atoms with Gasteiger partial charge in [-0.1, -0.05) is 78.9 Å². The molecular weight excluding hydrogens is 370 g/mol. The molecule has 0 heterocycles. The number of carbonyl (C=O) groups is 1. The van der Waals surface area contributed by atoms with Crippen molar-refractivity contribution >= 4 is 17.7 Å². The van der Waals surface area contributed by atoms with Crippen LogP contribution in [0.1, 0.15) is 16.7 Å². The largest absolute Gasteiger partial charge is 0.496 e. The summed E-state index contributed by atoms with van der Waals surface area (Å²) < 4.78 is 5.02. The normalized spacial score (nSPS) is 12.4. The number of hydrogen-bond donors (Lipinski definition) is 2. The van der Waals surface area contributed by atoms with Crippen molar-refractivity contribution in [2.45, 2.75) is 10.8 Å². The summed E-state index contributed by atoms with van der Waals surface area (Å²) >= 11 is 1.51. The number of ether oxygens (including phenoxy) is 1. The molecule has 0 aliphatic carbocycles. The molecule has 1 atom stereocenters. The van der Waals surface area contributed by atoms with Crippen LogP contribution in [0.3, 0.4) is 0 Å². The second-order valence-corrected chi connectivity index (χ2v) is 7.60. The molecule has 0 aliphatic rings. The van der Waals surface area contributed by atoms with E-state index in [0.29, 0.717) is 0 Å². The zero-order valence-corrected chi connectivity index (χ0v) is 16.4. The molecule has 0 radical (unpaired) electrons. The zero-order valence-electron chi connectivity index (χ0n) is 15.6. The van der Waals surface area contributed by atoms with Crippen LogP contribution < -0.4 is 10.5 Å². The molecule has 0 aliphatic heterocycles. The Morgan fingerprint density at radius 2 is 1.46 bits per heavy atom. The fourth-order valence-corrected chi connectivity index (χ4v) is 4.79. The van der Waals surface area contributed by atoms with Gasteiger partial charge in [-0.15, -0.1) is 11.8 Å². The summed E-state index contributed by atoms with van der Waals surface area (Å²) in [5, 5.41) is 9.33. The quantitative estimate of drug-likeness (QED) is 0.563. The molecule has 3 N–H and O–H groups in total. The Balaban J connectivity index is 2.27. The third kappa shape index (κ3) is 3.91. The van der Waals surface area contributed by atoms with Crippen molar-refractivity contribution in [3.05, 3.63) is 102 Å². The van der Waals surface area contributed by atoms with Gasteiger partial charge in [0.25, 0.3) is 0 Å². The molecule has 0 aromatic heterocycles. The highest BCUT2D eigenvalue weighted by molar-refractivity contribution is 8.00. The van der Waals surface area contributed by atoms with E-state index in [-0.39, 0.29) is 5.75 Å². The van der Waals surface area contributed by atoms with Gasteiger partial charge in [-0.05, 0) is 17.2 Å². The molecule has 3 rings (SSSR count). The third-order valence-corrected chi connectivity index (χ3v) is 6.29. The van der Waals surface area contributed by atoms with Crippen LogP contribution in [0.25, 0.3) is 0 Å². The highest BCUT2D eigenvalue weighted by atomic mass is 32.2. The Morgan fingerprint density at radius 1 is 0.964 bits per heavy atom. The van der Waals surface area contributed by atoms with E-state index in [1.807, 2.05) is 60.7 Å². The van der Waals surface area contributed by atoms with Crippen LogP contribution in [0.5, 0.6) is 5.75 Å². The Hall–Kier alpha value is -2.76. The molecule has 0 saturated heterocycles. The molecule has 4 nitrogen and oxygen atoms in total. The summed E-state index contributed by atoms with van der Waals surface area (Å²) in [6.45, 7) is 0.